The van der Waals surface area contributed by atoms with E-state index >= 15 is 0 Å². The number of nitrogens with zero attached hydrogens (tertiary/aromatic N) is 1. The molecule has 19 heavy (non-hydrogen) atoms. The second-order valence-electron chi connectivity index (χ2n) is 4.85. The summed E-state index contributed by atoms with van der Waals surface area (Å²) in [5, 5.41) is 8.95. The van der Waals surface area contributed by atoms with Crippen LogP contribution < -0.4 is 0 Å². The van der Waals surface area contributed by atoms with E-state index in [-0.39, 0.29) is 12.5 Å². The molecule has 1 amide bonds. The van der Waals surface area contributed by atoms with E-state index in [9.17, 15) is 9.59 Å². The summed E-state index contributed by atoms with van der Waals surface area (Å²) in [7, 11) is 0. The zero-order valence-electron chi connectivity index (χ0n) is 11.9. The van der Waals surface area contributed by atoms with Gasteiger partial charge in [0, 0.05) is 18.7 Å². The Kier molecular flexibility index (Phi) is 5.10. The summed E-state index contributed by atoms with van der Waals surface area (Å²) in [6.07, 6.45) is 0. The quantitative estimate of drug-likeness (QED) is 0.888. The van der Waals surface area contributed by atoms with Gasteiger partial charge in [0.15, 0.2) is 0 Å². The van der Waals surface area contributed by atoms with E-state index in [4.69, 9.17) is 5.11 Å². The molecular weight excluding hydrogens is 242 g/mol. The molecule has 0 radical (unpaired) electrons. The van der Waals surface area contributed by atoms with Gasteiger partial charge in [-0.1, -0.05) is 25.1 Å². The van der Waals surface area contributed by atoms with Crippen molar-refractivity contribution in [2.75, 3.05) is 13.1 Å². The molecular formula is C15H21NO3. The molecule has 0 unspecified atom stereocenters. The monoisotopic (exact) mass is 263 g/mol. The number of amides is 1. The summed E-state index contributed by atoms with van der Waals surface area (Å²) in [6.45, 7) is 8.01. The normalized spacial score (nSPS) is 12.0. The van der Waals surface area contributed by atoms with Crippen LogP contribution in [0.1, 0.15) is 35.3 Å². The van der Waals surface area contributed by atoms with Crippen LogP contribution in [0.5, 0.6) is 0 Å². The summed E-state index contributed by atoms with van der Waals surface area (Å²) in [4.78, 5) is 25.0. The summed E-state index contributed by atoms with van der Waals surface area (Å²) < 4.78 is 0. The number of aryl methyl sites for hydroxylation is 2. The van der Waals surface area contributed by atoms with E-state index in [1.54, 1.807) is 11.8 Å². The van der Waals surface area contributed by atoms with Crippen LogP contribution in [0, 0.1) is 19.8 Å². The van der Waals surface area contributed by atoms with Gasteiger partial charge in [0.2, 0.25) is 0 Å². The average Bonchev–Trinajstić information content (AvgIpc) is 2.34. The zero-order chi connectivity index (χ0) is 14.6. The summed E-state index contributed by atoms with van der Waals surface area (Å²) >= 11 is 0. The lowest BCUT2D eigenvalue weighted by Crippen LogP contribution is -2.37. The second kappa shape index (κ2) is 6.36. The molecule has 4 nitrogen and oxygen atoms in total. The molecule has 0 spiro atoms. The lowest BCUT2D eigenvalue weighted by Gasteiger charge is -2.24. The third kappa shape index (κ3) is 3.56. The van der Waals surface area contributed by atoms with Crippen LogP contribution in [0.25, 0.3) is 0 Å². The first-order valence-corrected chi connectivity index (χ1v) is 6.46. The molecule has 1 atom stereocenters. The van der Waals surface area contributed by atoms with Gasteiger partial charge in [0.05, 0.1) is 5.92 Å². The number of benzene rings is 1. The molecule has 0 aliphatic rings. The van der Waals surface area contributed by atoms with Crippen LogP contribution in [-0.2, 0) is 4.79 Å². The molecule has 0 aromatic heterocycles. The number of hydrogen-bond acceptors (Lipinski definition) is 2. The van der Waals surface area contributed by atoms with Crippen molar-refractivity contribution < 1.29 is 14.7 Å². The highest BCUT2D eigenvalue weighted by Gasteiger charge is 2.22. The minimum atomic E-state index is -0.882. The van der Waals surface area contributed by atoms with Crippen LogP contribution in [0.15, 0.2) is 18.2 Å². The predicted molar refractivity (Wildman–Crippen MR) is 74.3 cm³/mol. The van der Waals surface area contributed by atoms with Gasteiger partial charge < -0.3 is 10.0 Å². The van der Waals surface area contributed by atoms with Crippen molar-refractivity contribution in [2.24, 2.45) is 5.92 Å². The van der Waals surface area contributed by atoms with Crippen LogP contribution in [0.2, 0.25) is 0 Å². The molecule has 1 aromatic rings. The fraction of sp³-hybridized carbons (Fsp3) is 0.467. The van der Waals surface area contributed by atoms with Crippen molar-refractivity contribution in [2.45, 2.75) is 27.7 Å². The minimum absolute atomic E-state index is 0.0915. The largest absolute Gasteiger partial charge is 0.481 e. The van der Waals surface area contributed by atoms with Gasteiger partial charge in [0.1, 0.15) is 0 Å². The van der Waals surface area contributed by atoms with Crippen molar-refractivity contribution >= 4 is 11.9 Å². The Morgan fingerprint density at radius 3 is 2.21 bits per heavy atom. The van der Waals surface area contributed by atoms with Crippen LogP contribution in [0.4, 0.5) is 0 Å². The van der Waals surface area contributed by atoms with Gasteiger partial charge in [-0.2, -0.15) is 0 Å². The van der Waals surface area contributed by atoms with Gasteiger partial charge in [-0.15, -0.1) is 0 Å². The van der Waals surface area contributed by atoms with Gasteiger partial charge in [-0.25, -0.2) is 0 Å². The maximum Gasteiger partial charge on any atom is 0.308 e. The van der Waals surface area contributed by atoms with E-state index < -0.39 is 11.9 Å². The molecule has 1 aromatic carbocycles. The first kappa shape index (κ1) is 15.2. The van der Waals surface area contributed by atoms with Crippen LogP contribution in [-0.4, -0.2) is 35.0 Å². The Hall–Kier alpha value is -1.84. The maximum absolute atomic E-state index is 12.5. The SMILES string of the molecule is CCN(C[C@@H](C)C(=O)O)C(=O)c1c(C)cccc1C. The smallest absolute Gasteiger partial charge is 0.308 e. The molecule has 0 saturated heterocycles. The molecule has 0 saturated carbocycles. The second-order valence-corrected chi connectivity index (χ2v) is 4.85. The average molecular weight is 263 g/mol. The Morgan fingerprint density at radius 1 is 1.26 bits per heavy atom. The minimum Gasteiger partial charge on any atom is -0.481 e. The Morgan fingerprint density at radius 2 is 1.79 bits per heavy atom. The number of carbonyl (C=O) groups is 2. The van der Waals surface area contributed by atoms with E-state index in [2.05, 4.69) is 0 Å². The van der Waals surface area contributed by atoms with Gasteiger partial charge in [-0.05, 0) is 31.9 Å². The lowest BCUT2D eigenvalue weighted by molar-refractivity contribution is -0.141. The zero-order valence-corrected chi connectivity index (χ0v) is 11.9. The first-order valence-electron chi connectivity index (χ1n) is 6.46. The third-order valence-electron chi connectivity index (χ3n) is 3.28. The molecule has 0 aliphatic heterocycles. The highest BCUT2D eigenvalue weighted by molar-refractivity contribution is 5.97. The van der Waals surface area contributed by atoms with Crippen molar-refractivity contribution in [3.8, 4) is 0 Å². The molecule has 0 fully saturated rings. The Balaban J connectivity index is 2.99. The van der Waals surface area contributed by atoms with Crippen molar-refractivity contribution in [1.82, 2.24) is 4.90 Å². The number of carbonyl (C=O) groups excluding carboxylic acids is 1. The van der Waals surface area contributed by atoms with Crippen molar-refractivity contribution in [3.05, 3.63) is 34.9 Å². The number of rotatable bonds is 5. The number of hydrogen-bond donors (Lipinski definition) is 1. The van der Waals surface area contributed by atoms with Crippen molar-refractivity contribution in [1.29, 1.82) is 0 Å². The molecule has 4 heteroatoms. The van der Waals surface area contributed by atoms with E-state index in [1.807, 2.05) is 39.0 Å². The molecule has 0 bridgehead atoms. The molecule has 1 N–H and O–H groups in total. The summed E-state index contributed by atoms with van der Waals surface area (Å²) in [5.74, 6) is -1.54. The predicted octanol–water partition coefficient (Wildman–Crippen LogP) is 2.49. The van der Waals surface area contributed by atoms with E-state index in [0.29, 0.717) is 12.1 Å². The molecule has 0 heterocycles. The molecule has 0 aliphatic carbocycles. The van der Waals surface area contributed by atoms with Crippen LogP contribution in [0.3, 0.4) is 0 Å². The Labute approximate surface area is 114 Å². The maximum atomic E-state index is 12.5. The molecule has 1 rings (SSSR count). The molecule has 104 valence electrons. The Bertz CT molecular complexity index is 462. The lowest BCUT2D eigenvalue weighted by atomic mass is 10.0. The van der Waals surface area contributed by atoms with Gasteiger partial charge in [-0.3, -0.25) is 9.59 Å². The summed E-state index contributed by atoms with van der Waals surface area (Å²) in [6, 6.07) is 5.71. The fourth-order valence-corrected chi connectivity index (χ4v) is 2.07. The highest BCUT2D eigenvalue weighted by Crippen LogP contribution is 2.16. The van der Waals surface area contributed by atoms with Crippen LogP contribution >= 0.6 is 0 Å². The highest BCUT2D eigenvalue weighted by atomic mass is 16.4. The number of aliphatic carboxylic acids is 1. The number of carboxylic acid groups (broad SMARTS) is 1. The van der Waals surface area contributed by atoms with Gasteiger partial charge >= 0.3 is 5.97 Å². The third-order valence-corrected chi connectivity index (χ3v) is 3.28. The van der Waals surface area contributed by atoms with Gasteiger partial charge in [0.25, 0.3) is 5.91 Å². The van der Waals surface area contributed by atoms with E-state index in [1.165, 1.54) is 0 Å². The topological polar surface area (TPSA) is 57.6 Å². The number of carboxylic acids is 1. The first-order chi connectivity index (χ1) is 8.88. The standard InChI is InChI=1S/C15H21NO3/c1-5-16(9-12(4)15(18)19)14(17)13-10(2)7-6-8-11(13)3/h6-8,12H,5,9H2,1-4H3,(H,18,19)/t12-/m1/s1. The fourth-order valence-electron chi connectivity index (χ4n) is 2.07. The van der Waals surface area contributed by atoms with E-state index in [0.717, 1.165) is 11.1 Å². The summed E-state index contributed by atoms with van der Waals surface area (Å²) in [5.41, 5.74) is 2.53. The van der Waals surface area contributed by atoms with Crippen molar-refractivity contribution in [3.63, 3.8) is 0 Å².